The highest BCUT2D eigenvalue weighted by Crippen LogP contribution is 2.43. The van der Waals surface area contributed by atoms with Crippen molar-refractivity contribution in [3.63, 3.8) is 0 Å². The number of hydrogen-bond acceptors (Lipinski definition) is 0. The van der Waals surface area contributed by atoms with Crippen LogP contribution in [0.25, 0.3) is 54.2 Å². The molecule has 0 unspecified atom stereocenters. The molecule has 0 saturated heterocycles. The van der Waals surface area contributed by atoms with Gasteiger partial charge in [-0.25, -0.2) is 0 Å². The van der Waals surface area contributed by atoms with Crippen LogP contribution in [0.1, 0.15) is 5.56 Å². The van der Waals surface area contributed by atoms with Gasteiger partial charge < -0.3 is 0 Å². The van der Waals surface area contributed by atoms with Gasteiger partial charge in [0.05, 0.1) is 5.56 Å². The van der Waals surface area contributed by atoms with E-state index in [4.69, 9.17) is 0 Å². The minimum absolute atomic E-state index is 0.630. The van der Waals surface area contributed by atoms with E-state index in [0.29, 0.717) is 0 Å². The van der Waals surface area contributed by atoms with E-state index < -0.39 is 11.7 Å². The Bertz CT molecular complexity index is 1560. The van der Waals surface area contributed by atoms with Gasteiger partial charge >= 0.3 is 6.18 Å². The van der Waals surface area contributed by atoms with Crippen molar-refractivity contribution in [1.29, 1.82) is 0 Å². The van der Waals surface area contributed by atoms with E-state index in [-0.39, 0.29) is 0 Å². The molecule has 0 aliphatic rings. The second-order valence-corrected chi connectivity index (χ2v) is 7.71. The van der Waals surface area contributed by atoms with Crippen LogP contribution in [0.3, 0.4) is 0 Å². The Balaban J connectivity index is 1.74. The fourth-order valence-electron chi connectivity index (χ4n) is 4.66. The molecule has 0 radical (unpaired) electrons. The van der Waals surface area contributed by atoms with Gasteiger partial charge in [0.15, 0.2) is 0 Å². The molecule has 0 spiro atoms. The third-order valence-electron chi connectivity index (χ3n) is 6.01. The van der Waals surface area contributed by atoms with E-state index in [2.05, 4.69) is 48.5 Å². The monoisotopic (exact) mass is 396 g/mol. The zero-order valence-electron chi connectivity index (χ0n) is 15.8. The van der Waals surface area contributed by atoms with Crippen LogP contribution in [-0.4, -0.2) is 0 Å². The van der Waals surface area contributed by atoms with Crippen LogP contribution < -0.4 is 0 Å². The second kappa shape index (κ2) is 5.96. The molecule has 0 aliphatic heterocycles. The molecule has 0 aromatic heterocycles. The predicted octanol–water partition coefficient (Wildman–Crippen LogP) is 8.42. The maximum atomic E-state index is 13.0. The Morgan fingerprint density at radius 3 is 2.00 bits per heavy atom. The van der Waals surface area contributed by atoms with Crippen LogP contribution >= 0.6 is 0 Å². The van der Waals surface area contributed by atoms with E-state index in [0.717, 1.165) is 50.2 Å². The topological polar surface area (TPSA) is 0 Å². The van der Waals surface area contributed by atoms with Crippen molar-refractivity contribution in [3.05, 3.63) is 96.6 Å². The second-order valence-electron chi connectivity index (χ2n) is 7.71. The lowest BCUT2D eigenvalue weighted by Gasteiger charge is -2.17. The minimum atomic E-state index is -4.34. The molecule has 0 N–H and O–H groups in total. The Hall–Kier alpha value is -3.59. The molecule has 0 fully saturated rings. The lowest BCUT2D eigenvalue weighted by Crippen LogP contribution is -2.04. The van der Waals surface area contributed by atoms with Crippen LogP contribution in [0.2, 0.25) is 0 Å². The number of alkyl halides is 3. The zero-order chi connectivity index (χ0) is 20.5. The molecule has 6 aromatic rings. The number of halogens is 3. The summed E-state index contributed by atoms with van der Waals surface area (Å²) in [5.41, 5.74) is 1.10. The first-order chi connectivity index (χ1) is 14.5. The number of fused-ring (bicyclic) bond motifs is 2. The average Bonchev–Trinajstić information content (AvgIpc) is 2.76. The third-order valence-corrected chi connectivity index (χ3v) is 6.01. The van der Waals surface area contributed by atoms with Crippen LogP contribution in [0.5, 0.6) is 0 Å². The summed E-state index contributed by atoms with van der Waals surface area (Å²) in [6.07, 6.45) is -4.34. The summed E-state index contributed by atoms with van der Waals surface area (Å²) in [5.74, 6) is 0. The molecule has 0 amide bonds. The van der Waals surface area contributed by atoms with Crippen molar-refractivity contribution in [2.75, 3.05) is 0 Å². The van der Waals surface area contributed by atoms with E-state index in [9.17, 15) is 13.2 Å². The van der Waals surface area contributed by atoms with E-state index in [1.54, 1.807) is 12.1 Å². The fraction of sp³-hybridized carbons (Fsp3) is 0.0370. The van der Waals surface area contributed by atoms with E-state index in [1.165, 1.54) is 16.2 Å². The molecule has 6 rings (SSSR count). The lowest BCUT2D eigenvalue weighted by atomic mass is 9.87. The molecule has 6 aromatic carbocycles. The summed E-state index contributed by atoms with van der Waals surface area (Å²) in [6.45, 7) is 0. The predicted molar refractivity (Wildman–Crippen MR) is 118 cm³/mol. The van der Waals surface area contributed by atoms with Crippen LogP contribution in [0.15, 0.2) is 91.0 Å². The average molecular weight is 396 g/mol. The molecule has 3 heteroatoms. The standard InChI is InChI=1S/C27H15F3/c28-27(29,30)20-11-8-16(9-12-20)24-15-19-14-18-4-1-2-6-21(18)23-13-10-17-5-3-7-22(24)25(17)26(19)23/h1-15H. The molecule has 0 bridgehead atoms. The maximum absolute atomic E-state index is 13.0. The maximum Gasteiger partial charge on any atom is 0.416 e. The molecular weight excluding hydrogens is 381 g/mol. The van der Waals surface area contributed by atoms with Gasteiger partial charge in [0.2, 0.25) is 0 Å². The molecule has 0 nitrogen and oxygen atoms in total. The van der Waals surface area contributed by atoms with Gasteiger partial charge in [0.1, 0.15) is 0 Å². The van der Waals surface area contributed by atoms with Crippen LogP contribution in [0, 0.1) is 0 Å². The van der Waals surface area contributed by atoms with Gasteiger partial charge in [-0.3, -0.25) is 0 Å². The van der Waals surface area contributed by atoms with Crippen LogP contribution in [-0.2, 0) is 6.18 Å². The largest absolute Gasteiger partial charge is 0.416 e. The molecule has 144 valence electrons. The molecule has 0 heterocycles. The normalized spacial score (nSPS) is 12.5. The summed E-state index contributed by atoms with van der Waals surface area (Å²) >= 11 is 0. The number of rotatable bonds is 1. The first-order valence-electron chi connectivity index (χ1n) is 9.78. The summed E-state index contributed by atoms with van der Waals surface area (Å²) in [4.78, 5) is 0. The van der Waals surface area contributed by atoms with Crippen molar-refractivity contribution in [3.8, 4) is 11.1 Å². The zero-order valence-corrected chi connectivity index (χ0v) is 15.8. The Kier molecular flexibility index (Phi) is 3.43. The molecule has 0 atom stereocenters. The highest BCUT2D eigenvalue weighted by Gasteiger charge is 2.30. The van der Waals surface area contributed by atoms with Crippen molar-refractivity contribution in [1.82, 2.24) is 0 Å². The van der Waals surface area contributed by atoms with E-state index in [1.807, 2.05) is 18.2 Å². The van der Waals surface area contributed by atoms with Gasteiger partial charge in [-0.2, -0.15) is 13.2 Å². The van der Waals surface area contributed by atoms with E-state index >= 15 is 0 Å². The minimum Gasteiger partial charge on any atom is -0.166 e. The lowest BCUT2D eigenvalue weighted by molar-refractivity contribution is -0.137. The Morgan fingerprint density at radius 1 is 0.500 bits per heavy atom. The molecular formula is C27H15F3. The first-order valence-corrected chi connectivity index (χ1v) is 9.78. The van der Waals surface area contributed by atoms with Crippen molar-refractivity contribution in [2.45, 2.75) is 6.18 Å². The smallest absolute Gasteiger partial charge is 0.166 e. The summed E-state index contributed by atoms with van der Waals surface area (Å²) in [7, 11) is 0. The van der Waals surface area contributed by atoms with Gasteiger partial charge in [-0.05, 0) is 78.5 Å². The fourth-order valence-corrected chi connectivity index (χ4v) is 4.66. The van der Waals surface area contributed by atoms with Gasteiger partial charge in [-0.1, -0.05) is 66.7 Å². The Morgan fingerprint density at radius 2 is 1.20 bits per heavy atom. The molecule has 0 aliphatic carbocycles. The first kappa shape index (κ1) is 17.3. The van der Waals surface area contributed by atoms with Crippen molar-refractivity contribution < 1.29 is 13.2 Å². The van der Waals surface area contributed by atoms with Crippen molar-refractivity contribution >= 4 is 43.1 Å². The van der Waals surface area contributed by atoms with Crippen LogP contribution in [0.4, 0.5) is 13.2 Å². The quantitative estimate of drug-likeness (QED) is 0.193. The third kappa shape index (κ3) is 2.42. The Labute approximate surface area is 170 Å². The molecule has 30 heavy (non-hydrogen) atoms. The highest BCUT2D eigenvalue weighted by atomic mass is 19.4. The summed E-state index contributed by atoms with van der Waals surface area (Å²) < 4.78 is 39.1. The molecule has 0 saturated carbocycles. The van der Waals surface area contributed by atoms with Gasteiger partial charge in [0.25, 0.3) is 0 Å². The van der Waals surface area contributed by atoms with Gasteiger partial charge in [0, 0.05) is 0 Å². The van der Waals surface area contributed by atoms with Crippen molar-refractivity contribution in [2.24, 2.45) is 0 Å². The highest BCUT2D eigenvalue weighted by molar-refractivity contribution is 6.31. The van der Waals surface area contributed by atoms with Gasteiger partial charge in [-0.15, -0.1) is 0 Å². The summed E-state index contributed by atoms with van der Waals surface area (Å²) in [5, 5.41) is 9.22. The SMILES string of the molecule is FC(F)(F)c1ccc(-c2cc3cc4ccccc4c4ccc5cccc2c5c34)cc1. The number of benzene rings is 6. The number of hydrogen-bond donors (Lipinski definition) is 0. The summed E-state index contributed by atoms with van der Waals surface area (Å²) in [6, 6.07) is 28.5.